The van der Waals surface area contributed by atoms with Crippen LogP contribution in [0.1, 0.15) is 13.8 Å². The van der Waals surface area contributed by atoms with E-state index in [9.17, 15) is 8.42 Å². The van der Waals surface area contributed by atoms with Crippen molar-refractivity contribution < 1.29 is 13.5 Å². The molecule has 0 aliphatic heterocycles. The summed E-state index contributed by atoms with van der Waals surface area (Å²) in [5.41, 5.74) is 0.385. The molecular formula is C10H15NO3S. The molecule has 0 saturated heterocycles. The van der Waals surface area contributed by atoms with E-state index in [1.165, 1.54) is 12.1 Å². The molecule has 1 aromatic rings. The van der Waals surface area contributed by atoms with Crippen LogP contribution in [0, 0.1) is 5.92 Å². The molecule has 0 unspecified atom stereocenters. The summed E-state index contributed by atoms with van der Waals surface area (Å²) in [5.74, 6) is 0.183. The van der Waals surface area contributed by atoms with Gasteiger partial charge in [-0.3, -0.25) is 4.72 Å². The number of anilines is 1. The smallest absolute Gasteiger partial charge is 0.232 e. The molecule has 0 radical (unpaired) electrons. The molecule has 84 valence electrons. The average molecular weight is 229 g/mol. The van der Waals surface area contributed by atoms with Crippen LogP contribution in [0.2, 0.25) is 0 Å². The van der Waals surface area contributed by atoms with E-state index in [2.05, 4.69) is 4.72 Å². The summed E-state index contributed by atoms with van der Waals surface area (Å²) in [5, 5.41) is 9.16. The number of rotatable bonds is 4. The first-order chi connectivity index (χ1) is 6.89. The molecule has 0 aliphatic carbocycles. The van der Waals surface area contributed by atoms with Crippen molar-refractivity contribution in [3.63, 3.8) is 0 Å². The summed E-state index contributed by atoms with van der Waals surface area (Å²) < 4.78 is 25.5. The fraction of sp³-hybridized carbons (Fsp3) is 0.400. The fourth-order valence-corrected chi connectivity index (χ4v) is 2.68. The third-order valence-corrected chi connectivity index (χ3v) is 3.32. The molecule has 0 bridgehead atoms. The first kappa shape index (κ1) is 11.8. The Balaban J connectivity index is 2.78. The van der Waals surface area contributed by atoms with Gasteiger partial charge in [0.15, 0.2) is 0 Å². The van der Waals surface area contributed by atoms with Crippen LogP contribution in [-0.2, 0) is 10.0 Å². The standard InChI is InChI=1S/C10H15NO3S/c1-8(2)7-15(13,14)11-9-4-3-5-10(12)6-9/h3-6,8,11-12H,7H2,1-2H3. The van der Waals surface area contributed by atoms with Gasteiger partial charge in [0.2, 0.25) is 10.0 Å². The summed E-state index contributed by atoms with van der Waals surface area (Å²) >= 11 is 0. The SMILES string of the molecule is CC(C)CS(=O)(=O)Nc1cccc(O)c1. The van der Waals surface area contributed by atoms with Gasteiger partial charge in [-0.05, 0) is 18.1 Å². The molecule has 15 heavy (non-hydrogen) atoms. The van der Waals surface area contributed by atoms with E-state index in [1.807, 2.05) is 13.8 Å². The van der Waals surface area contributed by atoms with Crippen LogP contribution in [0.4, 0.5) is 5.69 Å². The minimum absolute atomic E-state index is 0.0414. The lowest BCUT2D eigenvalue weighted by atomic mass is 10.3. The van der Waals surface area contributed by atoms with Gasteiger partial charge in [0.05, 0.1) is 11.4 Å². The molecule has 0 saturated carbocycles. The zero-order valence-corrected chi connectivity index (χ0v) is 9.58. The second-order valence-corrected chi connectivity index (χ2v) is 5.59. The van der Waals surface area contributed by atoms with E-state index in [0.29, 0.717) is 5.69 Å². The number of hydrogen-bond donors (Lipinski definition) is 2. The quantitative estimate of drug-likeness (QED) is 0.827. The van der Waals surface area contributed by atoms with Crippen molar-refractivity contribution in [2.45, 2.75) is 13.8 Å². The first-order valence-electron chi connectivity index (χ1n) is 4.68. The molecule has 0 fully saturated rings. The Morgan fingerprint density at radius 2 is 2.07 bits per heavy atom. The van der Waals surface area contributed by atoms with Gasteiger partial charge in [-0.1, -0.05) is 19.9 Å². The zero-order chi connectivity index (χ0) is 11.5. The summed E-state index contributed by atoms with van der Waals surface area (Å²) in [7, 11) is -3.31. The molecule has 0 aromatic heterocycles. The van der Waals surface area contributed by atoms with E-state index in [0.717, 1.165) is 0 Å². The Morgan fingerprint density at radius 3 is 2.60 bits per heavy atom. The predicted octanol–water partition coefficient (Wildman–Crippen LogP) is 1.79. The van der Waals surface area contributed by atoms with E-state index in [1.54, 1.807) is 12.1 Å². The molecule has 1 aromatic carbocycles. The maximum atomic E-state index is 11.5. The number of nitrogens with one attached hydrogen (secondary N) is 1. The molecule has 0 aliphatic rings. The van der Waals surface area contributed by atoms with Crippen molar-refractivity contribution in [2.24, 2.45) is 5.92 Å². The summed E-state index contributed by atoms with van der Waals surface area (Å²) in [6.07, 6.45) is 0. The minimum atomic E-state index is -3.31. The van der Waals surface area contributed by atoms with Gasteiger partial charge < -0.3 is 5.11 Å². The second-order valence-electron chi connectivity index (χ2n) is 3.83. The second kappa shape index (κ2) is 4.53. The highest BCUT2D eigenvalue weighted by atomic mass is 32.2. The highest BCUT2D eigenvalue weighted by molar-refractivity contribution is 7.92. The van der Waals surface area contributed by atoms with E-state index in [4.69, 9.17) is 5.11 Å². The first-order valence-corrected chi connectivity index (χ1v) is 6.34. The predicted molar refractivity (Wildman–Crippen MR) is 60.4 cm³/mol. The summed E-state index contributed by atoms with van der Waals surface area (Å²) in [6, 6.07) is 6.04. The van der Waals surface area contributed by atoms with Crippen molar-refractivity contribution in [1.82, 2.24) is 0 Å². The van der Waals surface area contributed by atoms with Crippen molar-refractivity contribution in [3.8, 4) is 5.75 Å². The van der Waals surface area contributed by atoms with Crippen LogP contribution >= 0.6 is 0 Å². The van der Waals surface area contributed by atoms with Gasteiger partial charge in [0.25, 0.3) is 0 Å². The topological polar surface area (TPSA) is 66.4 Å². The number of sulfonamides is 1. The largest absolute Gasteiger partial charge is 0.508 e. The highest BCUT2D eigenvalue weighted by Gasteiger charge is 2.12. The molecule has 0 spiro atoms. The molecule has 1 rings (SSSR count). The van der Waals surface area contributed by atoms with E-state index < -0.39 is 10.0 Å². The Labute approximate surface area is 90.0 Å². The van der Waals surface area contributed by atoms with Crippen LogP contribution in [0.3, 0.4) is 0 Å². The highest BCUT2D eigenvalue weighted by Crippen LogP contribution is 2.17. The van der Waals surface area contributed by atoms with Crippen LogP contribution < -0.4 is 4.72 Å². The number of hydrogen-bond acceptors (Lipinski definition) is 3. The lowest BCUT2D eigenvalue weighted by molar-refractivity contribution is 0.475. The lowest BCUT2D eigenvalue weighted by Gasteiger charge is -2.09. The van der Waals surface area contributed by atoms with Crippen LogP contribution in [0.5, 0.6) is 5.75 Å². The molecule has 0 atom stereocenters. The summed E-state index contributed by atoms with van der Waals surface area (Å²) in [6.45, 7) is 3.67. The van der Waals surface area contributed by atoms with Gasteiger partial charge in [0.1, 0.15) is 5.75 Å². The Morgan fingerprint density at radius 1 is 1.40 bits per heavy atom. The van der Waals surface area contributed by atoms with Gasteiger partial charge in [-0.25, -0.2) is 8.42 Å². The molecule has 4 nitrogen and oxygen atoms in total. The Hall–Kier alpha value is -1.23. The van der Waals surface area contributed by atoms with Gasteiger partial charge >= 0.3 is 0 Å². The number of benzene rings is 1. The van der Waals surface area contributed by atoms with Crippen LogP contribution in [0.15, 0.2) is 24.3 Å². The van der Waals surface area contributed by atoms with Gasteiger partial charge in [0, 0.05) is 6.07 Å². The van der Waals surface area contributed by atoms with E-state index in [-0.39, 0.29) is 17.4 Å². The zero-order valence-electron chi connectivity index (χ0n) is 8.77. The third kappa shape index (κ3) is 4.20. The molecule has 0 amide bonds. The van der Waals surface area contributed by atoms with Crippen molar-refractivity contribution in [2.75, 3.05) is 10.5 Å². The number of phenolic OH excluding ortho intramolecular Hbond substituents is 1. The molecule has 0 heterocycles. The van der Waals surface area contributed by atoms with Gasteiger partial charge in [-0.2, -0.15) is 0 Å². The Bertz CT molecular complexity index is 426. The minimum Gasteiger partial charge on any atom is -0.508 e. The van der Waals surface area contributed by atoms with Crippen molar-refractivity contribution in [3.05, 3.63) is 24.3 Å². The van der Waals surface area contributed by atoms with Crippen LogP contribution in [0.25, 0.3) is 0 Å². The number of aromatic hydroxyl groups is 1. The van der Waals surface area contributed by atoms with E-state index >= 15 is 0 Å². The monoisotopic (exact) mass is 229 g/mol. The normalized spacial score (nSPS) is 11.7. The maximum absolute atomic E-state index is 11.5. The molecule has 2 N–H and O–H groups in total. The van der Waals surface area contributed by atoms with Gasteiger partial charge in [-0.15, -0.1) is 0 Å². The van der Waals surface area contributed by atoms with Crippen molar-refractivity contribution >= 4 is 15.7 Å². The molecular weight excluding hydrogens is 214 g/mol. The van der Waals surface area contributed by atoms with Crippen molar-refractivity contribution in [1.29, 1.82) is 0 Å². The van der Waals surface area contributed by atoms with Crippen LogP contribution in [-0.4, -0.2) is 19.3 Å². The maximum Gasteiger partial charge on any atom is 0.232 e. The lowest BCUT2D eigenvalue weighted by Crippen LogP contribution is -2.19. The average Bonchev–Trinajstić information content (AvgIpc) is 1.99. The molecule has 5 heteroatoms. The Kier molecular flexibility index (Phi) is 3.57. The summed E-state index contributed by atoms with van der Waals surface area (Å²) in [4.78, 5) is 0. The fourth-order valence-electron chi connectivity index (χ4n) is 1.23. The number of phenols is 1. The third-order valence-electron chi connectivity index (χ3n) is 1.67.